The zero-order valence-electron chi connectivity index (χ0n) is 40.2. The lowest BCUT2D eigenvalue weighted by atomic mass is 10.0. The topological polar surface area (TPSA) is 95.9 Å². The van der Waals surface area contributed by atoms with Crippen LogP contribution < -0.4 is 5.32 Å². The monoisotopic (exact) mass is 846 g/mol. The maximum atomic E-state index is 12.4. The molecule has 0 aromatic rings. The molecule has 0 rings (SSSR count). The lowest BCUT2D eigenvalue weighted by molar-refractivity contribution is -0.143. The van der Waals surface area contributed by atoms with E-state index in [0.717, 1.165) is 64.2 Å². The molecule has 0 heterocycles. The van der Waals surface area contributed by atoms with Crippen molar-refractivity contribution in [1.82, 2.24) is 5.32 Å². The van der Waals surface area contributed by atoms with Gasteiger partial charge in [0.15, 0.2) is 0 Å². The van der Waals surface area contributed by atoms with Crippen LogP contribution in [0.2, 0.25) is 0 Å². The molecule has 6 nitrogen and oxygen atoms in total. The molecule has 0 fully saturated rings. The number of esters is 1. The van der Waals surface area contributed by atoms with Crippen LogP contribution in [0.15, 0.2) is 24.3 Å². The fraction of sp³-hybridized carbons (Fsp3) is 0.889. The Hall–Kier alpha value is -1.66. The van der Waals surface area contributed by atoms with Crippen LogP contribution in [0.3, 0.4) is 0 Å². The van der Waals surface area contributed by atoms with E-state index < -0.39 is 12.1 Å². The first-order valence-electron chi connectivity index (χ1n) is 26.6. The summed E-state index contributed by atoms with van der Waals surface area (Å²) in [4.78, 5) is 24.4. The van der Waals surface area contributed by atoms with E-state index in [1.807, 2.05) is 0 Å². The normalized spacial score (nSPS) is 12.8. The van der Waals surface area contributed by atoms with Crippen LogP contribution in [-0.4, -0.2) is 47.4 Å². The van der Waals surface area contributed by atoms with Gasteiger partial charge in [0.2, 0.25) is 5.91 Å². The number of ether oxygens (including phenoxy) is 1. The molecule has 2 atom stereocenters. The van der Waals surface area contributed by atoms with E-state index in [1.54, 1.807) is 0 Å². The van der Waals surface area contributed by atoms with E-state index in [0.29, 0.717) is 25.9 Å². The number of amides is 1. The number of nitrogens with one attached hydrogen (secondary N) is 1. The van der Waals surface area contributed by atoms with Crippen LogP contribution in [0.4, 0.5) is 0 Å². The van der Waals surface area contributed by atoms with Crippen molar-refractivity contribution in [2.45, 2.75) is 296 Å². The molecule has 1 amide bonds. The molecule has 0 aromatic carbocycles. The predicted molar refractivity (Wildman–Crippen MR) is 260 cm³/mol. The molecule has 0 saturated carbocycles. The Morgan fingerprint density at radius 2 is 0.783 bits per heavy atom. The molecule has 60 heavy (non-hydrogen) atoms. The van der Waals surface area contributed by atoms with E-state index in [9.17, 15) is 19.8 Å². The zero-order valence-corrected chi connectivity index (χ0v) is 40.2. The third kappa shape index (κ3) is 45.9. The molecule has 0 aliphatic carbocycles. The summed E-state index contributed by atoms with van der Waals surface area (Å²) in [6.45, 7) is 4.91. The second-order valence-electron chi connectivity index (χ2n) is 18.2. The van der Waals surface area contributed by atoms with Crippen LogP contribution >= 0.6 is 0 Å². The molecule has 0 bridgehead atoms. The van der Waals surface area contributed by atoms with Crippen molar-refractivity contribution < 1.29 is 24.5 Å². The highest BCUT2D eigenvalue weighted by Gasteiger charge is 2.20. The molecular formula is C54H103NO5. The molecular weight excluding hydrogens is 743 g/mol. The van der Waals surface area contributed by atoms with Gasteiger partial charge in [0, 0.05) is 12.8 Å². The van der Waals surface area contributed by atoms with Gasteiger partial charge in [0.1, 0.15) is 0 Å². The highest BCUT2D eigenvalue weighted by atomic mass is 16.5. The fourth-order valence-electron chi connectivity index (χ4n) is 8.10. The van der Waals surface area contributed by atoms with Crippen LogP contribution in [0.25, 0.3) is 0 Å². The van der Waals surface area contributed by atoms with Gasteiger partial charge >= 0.3 is 5.97 Å². The Kier molecular flexibility index (Phi) is 48.6. The average Bonchev–Trinajstić information content (AvgIpc) is 3.25. The molecule has 0 aromatic heterocycles. The Labute approximate surface area is 373 Å². The summed E-state index contributed by atoms with van der Waals surface area (Å²) in [5.41, 5.74) is 0. The minimum Gasteiger partial charge on any atom is -0.466 e. The molecule has 3 N–H and O–H groups in total. The lowest BCUT2D eigenvalue weighted by Crippen LogP contribution is -2.45. The number of allylic oxidation sites excluding steroid dienone is 4. The van der Waals surface area contributed by atoms with E-state index in [2.05, 4.69) is 43.5 Å². The third-order valence-electron chi connectivity index (χ3n) is 12.2. The summed E-state index contributed by atoms with van der Waals surface area (Å²) in [5.74, 6) is -0.0606. The van der Waals surface area contributed by atoms with Crippen LogP contribution in [0, 0.1) is 0 Å². The Balaban J connectivity index is 3.44. The Morgan fingerprint density at radius 1 is 0.450 bits per heavy atom. The Morgan fingerprint density at radius 3 is 1.18 bits per heavy atom. The van der Waals surface area contributed by atoms with Crippen molar-refractivity contribution in [1.29, 1.82) is 0 Å². The summed E-state index contributed by atoms with van der Waals surface area (Å²) in [6.07, 6.45) is 58.7. The second-order valence-corrected chi connectivity index (χ2v) is 18.2. The number of rotatable bonds is 49. The fourth-order valence-corrected chi connectivity index (χ4v) is 8.10. The zero-order chi connectivity index (χ0) is 43.7. The van der Waals surface area contributed by atoms with Gasteiger partial charge in [-0.2, -0.15) is 0 Å². The van der Waals surface area contributed by atoms with Crippen LogP contribution in [-0.2, 0) is 14.3 Å². The first-order chi connectivity index (χ1) is 29.5. The lowest BCUT2D eigenvalue weighted by Gasteiger charge is -2.22. The van der Waals surface area contributed by atoms with Crippen LogP contribution in [0.1, 0.15) is 284 Å². The second kappa shape index (κ2) is 50.0. The first-order valence-corrected chi connectivity index (χ1v) is 26.6. The number of unbranched alkanes of at least 4 members (excludes halogenated alkanes) is 34. The van der Waals surface area contributed by atoms with Gasteiger partial charge in [-0.15, -0.1) is 0 Å². The van der Waals surface area contributed by atoms with Gasteiger partial charge in [0.25, 0.3) is 0 Å². The standard InChI is InChI=1S/C54H103NO5/c1-3-5-7-9-11-13-15-16-17-18-22-25-28-32-36-40-44-48-54(59)60-49-45-41-37-33-29-26-23-20-19-21-24-27-31-35-39-43-47-53(58)55-51(50-56)52(57)46-42-38-34-30-14-12-10-8-6-4-2/h16-17,19,21,51-52,56-57H,3-15,18,20,22-50H2,1-2H3,(H,55,58)/b17-16-,21-19-. The smallest absolute Gasteiger partial charge is 0.305 e. The van der Waals surface area contributed by atoms with Gasteiger partial charge in [0.05, 0.1) is 25.4 Å². The van der Waals surface area contributed by atoms with E-state index in [4.69, 9.17) is 4.74 Å². The molecule has 0 aliphatic rings. The average molecular weight is 846 g/mol. The molecule has 0 saturated heterocycles. The van der Waals surface area contributed by atoms with Gasteiger partial charge < -0.3 is 20.3 Å². The van der Waals surface area contributed by atoms with Crippen LogP contribution in [0.5, 0.6) is 0 Å². The molecule has 2 unspecified atom stereocenters. The molecule has 0 radical (unpaired) electrons. The van der Waals surface area contributed by atoms with Crippen molar-refractivity contribution in [3.63, 3.8) is 0 Å². The first kappa shape index (κ1) is 58.3. The summed E-state index contributed by atoms with van der Waals surface area (Å²) >= 11 is 0. The van der Waals surface area contributed by atoms with Crippen molar-refractivity contribution in [3.05, 3.63) is 24.3 Å². The number of aliphatic hydroxyl groups excluding tert-OH is 2. The van der Waals surface area contributed by atoms with Gasteiger partial charge in [-0.25, -0.2) is 0 Å². The van der Waals surface area contributed by atoms with Gasteiger partial charge in [-0.05, 0) is 77.0 Å². The molecule has 6 heteroatoms. The van der Waals surface area contributed by atoms with Crippen molar-refractivity contribution in [2.24, 2.45) is 0 Å². The van der Waals surface area contributed by atoms with Gasteiger partial charge in [-0.1, -0.05) is 218 Å². The maximum Gasteiger partial charge on any atom is 0.305 e. The minimum atomic E-state index is -0.672. The van der Waals surface area contributed by atoms with Crippen molar-refractivity contribution in [3.8, 4) is 0 Å². The predicted octanol–water partition coefficient (Wildman–Crippen LogP) is 15.9. The highest BCUT2D eigenvalue weighted by molar-refractivity contribution is 5.76. The number of hydrogen-bond donors (Lipinski definition) is 3. The molecule has 0 aliphatic heterocycles. The summed E-state index contributed by atoms with van der Waals surface area (Å²) < 4.78 is 5.47. The van der Waals surface area contributed by atoms with Gasteiger partial charge in [-0.3, -0.25) is 9.59 Å². The summed E-state index contributed by atoms with van der Waals surface area (Å²) in [6, 6.07) is -0.552. The number of aliphatic hydroxyl groups is 2. The molecule has 354 valence electrons. The summed E-state index contributed by atoms with van der Waals surface area (Å²) in [5, 5.41) is 23.1. The number of hydrogen-bond acceptors (Lipinski definition) is 5. The SMILES string of the molecule is CCCCCCCC/C=C\CCCCCCCCCC(=O)OCCCCCCCCC/C=C\CCCCCCCC(=O)NC(CO)C(O)CCCCCCCCCCCC. The highest BCUT2D eigenvalue weighted by Crippen LogP contribution is 2.16. The van der Waals surface area contributed by atoms with E-state index in [-0.39, 0.29) is 18.5 Å². The third-order valence-corrected chi connectivity index (χ3v) is 12.2. The van der Waals surface area contributed by atoms with Crippen molar-refractivity contribution in [2.75, 3.05) is 13.2 Å². The van der Waals surface area contributed by atoms with E-state index >= 15 is 0 Å². The number of carbonyl (C=O) groups excluding carboxylic acids is 2. The Bertz CT molecular complexity index is 935. The van der Waals surface area contributed by atoms with Crippen molar-refractivity contribution >= 4 is 11.9 Å². The maximum absolute atomic E-state index is 12.4. The summed E-state index contributed by atoms with van der Waals surface area (Å²) in [7, 11) is 0. The van der Waals surface area contributed by atoms with E-state index in [1.165, 1.54) is 186 Å². The minimum absolute atomic E-state index is 0.00649. The molecule has 0 spiro atoms. The quantitative estimate of drug-likeness (QED) is 0.0322. The number of carbonyl (C=O) groups is 2. The largest absolute Gasteiger partial charge is 0.466 e.